The molecule has 0 N–H and O–H groups in total. The van der Waals surface area contributed by atoms with E-state index in [1.807, 2.05) is 66.7 Å². The Balaban J connectivity index is 1.12. The molecule has 0 saturated carbocycles. The molecule has 0 amide bonds. The van der Waals surface area contributed by atoms with Crippen molar-refractivity contribution in [2.75, 3.05) is 0 Å². The Labute approximate surface area is 307 Å². The third-order valence-corrected chi connectivity index (χ3v) is 10.6. The van der Waals surface area contributed by atoms with Gasteiger partial charge in [-0.15, -0.1) is 0 Å². The highest BCUT2D eigenvalue weighted by Gasteiger charge is 2.48. The topological polar surface area (TPSA) is 71.7 Å². The normalized spacial score (nSPS) is 14.7. The number of nitriles is 1. The summed E-state index contributed by atoms with van der Waals surface area (Å²) in [5.74, 6) is 3.32. The van der Waals surface area contributed by atoms with Crippen LogP contribution in [0.5, 0.6) is 11.5 Å². The average molecular weight is 679 g/mol. The zero-order chi connectivity index (χ0) is 35.5. The van der Waals surface area contributed by atoms with E-state index in [-0.39, 0.29) is 0 Å². The molecular formula is C48H30N4O. The fourth-order valence-electron chi connectivity index (χ4n) is 8.08. The van der Waals surface area contributed by atoms with E-state index in [4.69, 9.17) is 19.7 Å². The largest absolute Gasteiger partial charge is 0.457 e. The summed E-state index contributed by atoms with van der Waals surface area (Å²) in [5, 5.41) is 10.2. The van der Waals surface area contributed by atoms with Crippen molar-refractivity contribution in [1.82, 2.24) is 15.0 Å². The molecule has 7 aromatic carbocycles. The molecule has 2 heterocycles. The van der Waals surface area contributed by atoms with Gasteiger partial charge in [0, 0.05) is 27.8 Å². The van der Waals surface area contributed by atoms with E-state index in [9.17, 15) is 5.26 Å². The van der Waals surface area contributed by atoms with Crippen molar-refractivity contribution in [2.24, 2.45) is 0 Å². The lowest BCUT2D eigenvalue weighted by Gasteiger charge is -2.35. The van der Waals surface area contributed by atoms with Crippen LogP contribution >= 0.6 is 0 Å². The van der Waals surface area contributed by atoms with Crippen molar-refractivity contribution in [3.63, 3.8) is 0 Å². The van der Waals surface area contributed by atoms with Crippen molar-refractivity contribution in [3.05, 3.63) is 186 Å². The minimum Gasteiger partial charge on any atom is -0.457 e. The van der Waals surface area contributed by atoms with Crippen LogP contribution in [0.1, 0.15) is 29.2 Å². The molecule has 5 heteroatoms. The molecule has 0 fully saturated rings. The highest BCUT2D eigenvalue weighted by molar-refractivity contribution is 5.90. The molecule has 8 aromatic rings. The van der Waals surface area contributed by atoms with Gasteiger partial charge in [0.05, 0.1) is 17.0 Å². The maximum Gasteiger partial charge on any atom is 0.164 e. The third kappa shape index (κ3) is 4.88. The molecule has 248 valence electrons. The molecule has 2 aliphatic rings. The Hall–Kier alpha value is -7.16. The SMILES string of the molecule is CC12c3ccc(-c4nc(-c5ccc(-c6ccccc6)cc5)nc(-c5ccc(-c6ccccc6)cc5)n4)cc3-c3cccc(c31)Oc1cccc(C#N)c12. The van der Waals surface area contributed by atoms with E-state index in [0.29, 0.717) is 23.0 Å². The first-order valence-electron chi connectivity index (χ1n) is 17.7. The van der Waals surface area contributed by atoms with E-state index in [1.54, 1.807) is 0 Å². The summed E-state index contributed by atoms with van der Waals surface area (Å²) in [7, 11) is 0. The lowest BCUT2D eigenvalue weighted by Crippen LogP contribution is -2.28. The molecule has 0 radical (unpaired) electrons. The Morgan fingerprint density at radius 3 is 1.49 bits per heavy atom. The van der Waals surface area contributed by atoms with Gasteiger partial charge in [0.15, 0.2) is 17.5 Å². The number of rotatable bonds is 5. The van der Waals surface area contributed by atoms with Crippen LogP contribution in [0.15, 0.2) is 164 Å². The molecule has 10 rings (SSSR count). The molecule has 0 saturated heterocycles. The number of fused-ring (bicyclic) bond motifs is 5. The van der Waals surface area contributed by atoms with Crippen LogP contribution in [-0.4, -0.2) is 15.0 Å². The van der Waals surface area contributed by atoms with Crippen molar-refractivity contribution >= 4 is 0 Å². The van der Waals surface area contributed by atoms with Crippen molar-refractivity contribution < 1.29 is 4.74 Å². The van der Waals surface area contributed by atoms with E-state index >= 15 is 0 Å². The van der Waals surface area contributed by atoms with Gasteiger partial charge in [-0.05, 0) is 70.1 Å². The van der Waals surface area contributed by atoms with Gasteiger partial charge in [-0.25, -0.2) is 15.0 Å². The van der Waals surface area contributed by atoms with Gasteiger partial charge >= 0.3 is 0 Å². The molecular weight excluding hydrogens is 649 g/mol. The van der Waals surface area contributed by atoms with Gasteiger partial charge in [-0.2, -0.15) is 5.26 Å². The summed E-state index contributed by atoms with van der Waals surface area (Å²) >= 11 is 0. The molecule has 1 atom stereocenters. The Bertz CT molecular complexity index is 2650. The second-order valence-corrected chi connectivity index (χ2v) is 13.6. The van der Waals surface area contributed by atoms with E-state index in [2.05, 4.69) is 110 Å². The predicted molar refractivity (Wildman–Crippen MR) is 209 cm³/mol. The fourth-order valence-corrected chi connectivity index (χ4v) is 8.08. The zero-order valence-corrected chi connectivity index (χ0v) is 28.8. The quantitative estimate of drug-likeness (QED) is 0.181. The van der Waals surface area contributed by atoms with E-state index < -0.39 is 5.41 Å². The molecule has 1 aliphatic heterocycles. The first-order valence-corrected chi connectivity index (χ1v) is 17.7. The molecule has 0 bridgehead atoms. The standard InChI is InChI=1S/C48H30N4O/c1-48-40-27-26-36(28-39(40)38-15-9-17-42(44(38)48)53-41-16-8-14-37(29-49)43(41)48)47-51-45(34-22-18-32(19-23-34)30-10-4-2-5-11-30)50-46(52-47)35-24-20-33(21-25-35)31-12-6-3-7-13-31/h2-28H,1H3. The first-order chi connectivity index (χ1) is 26.1. The van der Waals surface area contributed by atoms with E-state index in [1.165, 1.54) is 0 Å². The highest BCUT2D eigenvalue weighted by Crippen LogP contribution is 2.61. The van der Waals surface area contributed by atoms with Gasteiger partial charge in [0.1, 0.15) is 11.5 Å². The van der Waals surface area contributed by atoms with Crippen LogP contribution in [0.4, 0.5) is 0 Å². The summed E-state index contributed by atoms with van der Waals surface area (Å²) < 4.78 is 6.44. The molecule has 0 spiro atoms. The van der Waals surface area contributed by atoms with Crippen LogP contribution in [-0.2, 0) is 5.41 Å². The van der Waals surface area contributed by atoms with E-state index in [0.717, 1.165) is 78.3 Å². The number of hydrogen-bond donors (Lipinski definition) is 0. The Morgan fingerprint density at radius 2 is 0.925 bits per heavy atom. The van der Waals surface area contributed by atoms with Crippen molar-refractivity contribution in [1.29, 1.82) is 5.26 Å². The first kappa shape index (κ1) is 30.6. The summed E-state index contributed by atoms with van der Waals surface area (Å²) in [4.78, 5) is 15.3. The minimum absolute atomic E-state index is 0.559. The van der Waals surface area contributed by atoms with Crippen LogP contribution in [0, 0.1) is 11.3 Å². The second kappa shape index (κ2) is 12.0. The summed E-state index contributed by atoms with van der Waals surface area (Å²) in [5.41, 5.74) is 12.6. The third-order valence-electron chi connectivity index (χ3n) is 10.6. The average Bonchev–Trinajstić information content (AvgIpc) is 3.50. The second-order valence-electron chi connectivity index (χ2n) is 13.6. The van der Waals surface area contributed by atoms with Gasteiger partial charge < -0.3 is 4.74 Å². The van der Waals surface area contributed by atoms with Gasteiger partial charge in [-0.3, -0.25) is 0 Å². The fraction of sp³-hybridized carbons (Fsp3) is 0.0417. The number of ether oxygens (including phenoxy) is 1. The summed E-state index contributed by atoms with van der Waals surface area (Å²) in [6.07, 6.45) is 0. The number of nitrogens with zero attached hydrogens (tertiary/aromatic N) is 4. The number of aromatic nitrogens is 3. The molecule has 1 unspecified atom stereocenters. The maximum atomic E-state index is 10.2. The number of hydrogen-bond acceptors (Lipinski definition) is 5. The Kier molecular flexibility index (Phi) is 6.92. The highest BCUT2D eigenvalue weighted by atomic mass is 16.5. The molecule has 53 heavy (non-hydrogen) atoms. The van der Waals surface area contributed by atoms with Gasteiger partial charge in [0.2, 0.25) is 0 Å². The summed E-state index contributed by atoms with van der Waals surface area (Å²) in [6, 6.07) is 58.3. The zero-order valence-electron chi connectivity index (χ0n) is 28.8. The molecule has 5 nitrogen and oxygen atoms in total. The van der Waals surface area contributed by atoms with Crippen LogP contribution in [0.25, 0.3) is 67.5 Å². The maximum absolute atomic E-state index is 10.2. The predicted octanol–water partition coefficient (Wildman–Crippen LogP) is 11.5. The molecule has 1 aromatic heterocycles. The van der Waals surface area contributed by atoms with Crippen LogP contribution < -0.4 is 4.74 Å². The lowest BCUT2D eigenvalue weighted by atomic mass is 9.70. The van der Waals surface area contributed by atoms with Crippen LogP contribution in [0.2, 0.25) is 0 Å². The van der Waals surface area contributed by atoms with Crippen molar-refractivity contribution in [3.8, 4) is 85.1 Å². The monoisotopic (exact) mass is 678 g/mol. The van der Waals surface area contributed by atoms with Gasteiger partial charge in [0.25, 0.3) is 0 Å². The van der Waals surface area contributed by atoms with Gasteiger partial charge in [-0.1, -0.05) is 140 Å². The molecule has 1 aliphatic carbocycles. The van der Waals surface area contributed by atoms with Crippen LogP contribution in [0.3, 0.4) is 0 Å². The summed E-state index contributed by atoms with van der Waals surface area (Å²) in [6.45, 7) is 2.21. The smallest absolute Gasteiger partial charge is 0.164 e. The minimum atomic E-state index is -0.559. The number of benzene rings is 7. The van der Waals surface area contributed by atoms with Crippen molar-refractivity contribution in [2.45, 2.75) is 12.3 Å². The Morgan fingerprint density at radius 1 is 0.453 bits per heavy atom. The lowest BCUT2D eigenvalue weighted by molar-refractivity contribution is 0.430.